The minimum absolute atomic E-state index is 0.127. The molecule has 2 aliphatic rings. The summed E-state index contributed by atoms with van der Waals surface area (Å²) in [6.45, 7) is 4.71. The van der Waals surface area contributed by atoms with Gasteiger partial charge in [-0.25, -0.2) is 0 Å². The highest BCUT2D eigenvalue weighted by molar-refractivity contribution is 6.46. The van der Waals surface area contributed by atoms with Crippen molar-refractivity contribution in [3.05, 3.63) is 71.3 Å². The van der Waals surface area contributed by atoms with E-state index in [0.717, 1.165) is 31.7 Å². The van der Waals surface area contributed by atoms with Crippen LogP contribution in [0.2, 0.25) is 0 Å². The van der Waals surface area contributed by atoms with E-state index in [0.29, 0.717) is 24.4 Å². The Hall–Kier alpha value is -3.16. The number of likely N-dealkylation sites (tertiary alicyclic amines) is 1. The quantitative estimate of drug-likeness (QED) is 0.422. The van der Waals surface area contributed by atoms with Gasteiger partial charge in [-0.3, -0.25) is 14.5 Å². The third-order valence-electron chi connectivity index (χ3n) is 5.89. The second-order valence-electron chi connectivity index (χ2n) is 7.72. The molecule has 0 aromatic heterocycles. The van der Waals surface area contributed by atoms with Crippen LogP contribution in [0.3, 0.4) is 0 Å². The summed E-state index contributed by atoms with van der Waals surface area (Å²) in [4.78, 5) is 29.9. The predicted octanol–water partition coefficient (Wildman–Crippen LogP) is 2.02. The highest BCUT2D eigenvalue weighted by atomic mass is 16.5. The minimum Gasteiger partial charge on any atom is -0.507 e. The molecule has 31 heavy (non-hydrogen) atoms. The number of methoxy groups -OCH3 is 1. The monoisotopic (exact) mass is 421 g/mol. The number of amides is 1. The van der Waals surface area contributed by atoms with E-state index in [9.17, 15) is 14.7 Å². The molecule has 4 rings (SSSR count). The third-order valence-corrected chi connectivity index (χ3v) is 5.89. The van der Waals surface area contributed by atoms with Gasteiger partial charge < -0.3 is 20.1 Å². The smallest absolute Gasteiger partial charge is 0.295 e. The van der Waals surface area contributed by atoms with Crippen LogP contribution in [0, 0.1) is 0 Å². The zero-order valence-corrected chi connectivity index (χ0v) is 17.6. The van der Waals surface area contributed by atoms with Crippen LogP contribution in [0.1, 0.15) is 17.2 Å². The zero-order valence-electron chi connectivity index (χ0n) is 17.6. The Morgan fingerprint density at radius 3 is 2.35 bits per heavy atom. The summed E-state index contributed by atoms with van der Waals surface area (Å²) < 4.78 is 5.25. The van der Waals surface area contributed by atoms with E-state index >= 15 is 0 Å². The van der Waals surface area contributed by atoms with Gasteiger partial charge in [0.25, 0.3) is 11.7 Å². The molecule has 2 heterocycles. The van der Waals surface area contributed by atoms with Gasteiger partial charge >= 0.3 is 0 Å². The van der Waals surface area contributed by atoms with Gasteiger partial charge in [-0.1, -0.05) is 42.5 Å². The second kappa shape index (κ2) is 9.32. The number of nitrogens with one attached hydrogen (secondary N) is 1. The van der Waals surface area contributed by atoms with Gasteiger partial charge in [-0.2, -0.15) is 0 Å². The lowest BCUT2D eigenvalue weighted by Gasteiger charge is -2.31. The van der Waals surface area contributed by atoms with Crippen LogP contribution in [0.4, 0.5) is 0 Å². The first-order valence-corrected chi connectivity index (χ1v) is 10.5. The first-order chi connectivity index (χ1) is 15.1. The Labute approximate surface area is 181 Å². The predicted molar refractivity (Wildman–Crippen MR) is 118 cm³/mol. The number of hydrogen-bond donors (Lipinski definition) is 2. The molecule has 2 saturated heterocycles. The Balaban J connectivity index is 1.72. The number of ether oxygens (including phenoxy) is 1. The fraction of sp³-hybridized carbons (Fsp3) is 0.333. The molecule has 0 bridgehead atoms. The molecule has 7 heteroatoms. The average molecular weight is 421 g/mol. The highest BCUT2D eigenvalue weighted by Crippen LogP contribution is 2.39. The van der Waals surface area contributed by atoms with Crippen LogP contribution < -0.4 is 10.1 Å². The van der Waals surface area contributed by atoms with Crippen molar-refractivity contribution in [2.45, 2.75) is 6.04 Å². The molecule has 0 saturated carbocycles. The van der Waals surface area contributed by atoms with Gasteiger partial charge in [0.2, 0.25) is 0 Å². The van der Waals surface area contributed by atoms with Gasteiger partial charge in [-0.15, -0.1) is 0 Å². The molecule has 2 fully saturated rings. The molecule has 0 aliphatic carbocycles. The van der Waals surface area contributed by atoms with Gasteiger partial charge in [0, 0.05) is 44.8 Å². The molecule has 0 radical (unpaired) electrons. The Kier molecular flexibility index (Phi) is 6.34. The van der Waals surface area contributed by atoms with E-state index < -0.39 is 17.7 Å². The molecule has 1 amide bonds. The Bertz CT molecular complexity index is 966. The van der Waals surface area contributed by atoms with Crippen LogP contribution in [-0.4, -0.2) is 73.0 Å². The van der Waals surface area contributed by atoms with Crippen molar-refractivity contribution in [1.82, 2.24) is 15.1 Å². The molecule has 2 aliphatic heterocycles. The molecule has 2 aromatic rings. The molecule has 2 aromatic carbocycles. The van der Waals surface area contributed by atoms with Crippen LogP contribution >= 0.6 is 0 Å². The maximum absolute atomic E-state index is 13.0. The molecular weight excluding hydrogens is 394 g/mol. The number of benzene rings is 2. The lowest BCUT2D eigenvalue weighted by atomic mass is 9.95. The van der Waals surface area contributed by atoms with Crippen molar-refractivity contribution < 1.29 is 19.4 Å². The molecule has 162 valence electrons. The van der Waals surface area contributed by atoms with E-state index in [2.05, 4.69) is 10.2 Å². The number of carbonyl (C=O) groups excluding carboxylic acids is 2. The highest BCUT2D eigenvalue weighted by Gasteiger charge is 2.46. The largest absolute Gasteiger partial charge is 0.507 e. The normalized spacial score (nSPS) is 21.5. The van der Waals surface area contributed by atoms with Crippen LogP contribution in [0.15, 0.2) is 60.2 Å². The number of piperazine rings is 1. The molecule has 1 atom stereocenters. The molecule has 1 unspecified atom stereocenters. The standard InChI is InChI=1S/C24H27N3O4/c1-31-19-9-7-17(8-10-19)21-20(22(28)18-5-3-2-4-6-18)23(29)24(30)27(21)16-15-26-13-11-25-12-14-26/h2-10,21,25,28H,11-16H2,1H3. The number of Topliss-reactive ketones (excluding diaryl/α,β-unsaturated/α-hetero) is 1. The summed E-state index contributed by atoms with van der Waals surface area (Å²) in [6, 6.07) is 15.5. The van der Waals surface area contributed by atoms with Gasteiger partial charge in [0.05, 0.1) is 18.7 Å². The van der Waals surface area contributed by atoms with Gasteiger partial charge in [0.1, 0.15) is 11.5 Å². The van der Waals surface area contributed by atoms with E-state index in [1.807, 2.05) is 18.2 Å². The summed E-state index contributed by atoms with van der Waals surface area (Å²) in [6.07, 6.45) is 0. The van der Waals surface area contributed by atoms with Crippen LogP contribution in [-0.2, 0) is 9.59 Å². The Morgan fingerprint density at radius 2 is 1.71 bits per heavy atom. The Morgan fingerprint density at radius 1 is 1.03 bits per heavy atom. The maximum Gasteiger partial charge on any atom is 0.295 e. The summed E-state index contributed by atoms with van der Waals surface area (Å²) in [5, 5.41) is 14.3. The van der Waals surface area contributed by atoms with Crippen molar-refractivity contribution in [3.8, 4) is 5.75 Å². The summed E-state index contributed by atoms with van der Waals surface area (Å²) in [7, 11) is 1.59. The topological polar surface area (TPSA) is 82.1 Å². The molecule has 0 spiro atoms. The lowest BCUT2D eigenvalue weighted by molar-refractivity contribution is -0.140. The second-order valence-corrected chi connectivity index (χ2v) is 7.72. The zero-order chi connectivity index (χ0) is 21.8. The number of nitrogens with zero attached hydrogens (tertiary/aromatic N) is 2. The van der Waals surface area contributed by atoms with Crippen molar-refractivity contribution in [2.75, 3.05) is 46.4 Å². The fourth-order valence-corrected chi connectivity index (χ4v) is 4.18. The summed E-state index contributed by atoms with van der Waals surface area (Å²) in [5.74, 6) is -0.690. The van der Waals surface area contributed by atoms with E-state index in [4.69, 9.17) is 4.74 Å². The third kappa shape index (κ3) is 4.33. The van der Waals surface area contributed by atoms with Crippen molar-refractivity contribution in [1.29, 1.82) is 0 Å². The van der Waals surface area contributed by atoms with E-state index in [1.54, 1.807) is 48.4 Å². The number of carbonyl (C=O) groups is 2. The van der Waals surface area contributed by atoms with E-state index in [1.165, 1.54) is 0 Å². The first kappa shape index (κ1) is 21.1. The fourth-order valence-electron chi connectivity index (χ4n) is 4.18. The van der Waals surface area contributed by atoms with Crippen LogP contribution in [0.5, 0.6) is 5.75 Å². The summed E-state index contributed by atoms with van der Waals surface area (Å²) >= 11 is 0. The number of aliphatic hydroxyl groups is 1. The molecular formula is C24H27N3O4. The SMILES string of the molecule is COc1ccc(C2C(=C(O)c3ccccc3)C(=O)C(=O)N2CCN2CCNCC2)cc1. The van der Waals surface area contributed by atoms with Gasteiger partial charge in [-0.05, 0) is 17.7 Å². The molecule has 7 nitrogen and oxygen atoms in total. The number of aliphatic hydroxyl groups excluding tert-OH is 1. The average Bonchev–Trinajstić information content (AvgIpc) is 3.08. The van der Waals surface area contributed by atoms with E-state index in [-0.39, 0.29) is 11.3 Å². The first-order valence-electron chi connectivity index (χ1n) is 10.5. The molecule has 2 N–H and O–H groups in total. The summed E-state index contributed by atoms with van der Waals surface area (Å²) in [5.41, 5.74) is 1.40. The van der Waals surface area contributed by atoms with Crippen molar-refractivity contribution >= 4 is 17.4 Å². The minimum atomic E-state index is -0.650. The van der Waals surface area contributed by atoms with Crippen LogP contribution in [0.25, 0.3) is 5.76 Å². The maximum atomic E-state index is 13.0. The number of ketones is 1. The number of hydrogen-bond acceptors (Lipinski definition) is 6. The van der Waals surface area contributed by atoms with Gasteiger partial charge in [0.15, 0.2) is 0 Å². The number of rotatable bonds is 6. The van der Waals surface area contributed by atoms with Crippen molar-refractivity contribution in [3.63, 3.8) is 0 Å². The van der Waals surface area contributed by atoms with Crippen molar-refractivity contribution in [2.24, 2.45) is 0 Å². The lowest BCUT2D eigenvalue weighted by Crippen LogP contribution is -2.46.